The molecule has 12 heteroatoms. The molecule has 10 nitrogen and oxygen atoms in total. The Labute approximate surface area is 187 Å². The molecule has 4 N–H and O–H groups in total. The van der Waals surface area contributed by atoms with Crippen molar-refractivity contribution in [2.24, 2.45) is 0 Å². The van der Waals surface area contributed by atoms with Crippen molar-refractivity contribution in [3.8, 4) is 0 Å². The Morgan fingerprint density at radius 1 is 0.774 bits per heavy atom. The van der Waals surface area contributed by atoms with E-state index >= 15 is 0 Å². The summed E-state index contributed by atoms with van der Waals surface area (Å²) in [6.45, 7) is 9.90. The summed E-state index contributed by atoms with van der Waals surface area (Å²) in [5.74, 6) is 0.481. The maximum atomic E-state index is 12.3. The summed E-state index contributed by atoms with van der Waals surface area (Å²) in [4.78, 5) is 24.6. The van der Waals surface area contributed by atoms with Gasteiger partial charge in [-0.1, -0.05) is 56.4 Å². The zero-order valence-electron chi connectivity index (χ0n) is 17.8. The first kappa shape index (κ1) is 22.6. The third-order valence-corrected chi connectivity index (χ3v) is 6.33. The number of hydrogen-bond donors (Lipinski definition) is 4. The number of nitrogens with one attached hydrogen (secondary N) is 4. The lowest BCUT2D eigenvalue weighted by Crippen LogP contribution is -2.21. The highest BCUT2D eigenvalue weighted by Gasteiger charge is 2.13. The molecule has 0 aliphatic rings. The second-order valence-electron chi connectivity index (χ2n) is 7.39. The molecule has 0 radical (unpaired) electrons. The van der Waals surface area contributed by atoms with Gasteiger partial charge in [-0.3, -0.25) is 10.6 Å². The molecule has 0 aliphatic carbocycles. The van der Waals surface area contributed by atoms with Gasteiger partial charge in [0, 0.05) is 23.2 Å². The number of anilines is 4. The standard InChI is InChI=1S/C19H24N8O2S2/c1-9(2)14-24-26-18(30-14)22-16(28)20-12-7-6-11(5)13(8-12)21-17(29)23-19-27-25-15(31-19)10(3)4/h6-10H,1-5H3,(H2,20,22,26,28)(H2,21,23,27,29). The lowest BCUT2D eigenvalue weighted by molar-refractivity contribution is 0.261. The molecule has 31 heavy (non-hydrogen) atoms. The number of nitrogens with zero attached hydrogens (tertiary/aromatic N) is 4. The van der Waals surface area contributed by atoms with Crippen LogP contribution in [0.4, 0.5) is 31.2 Å². The van der Waals surface area contributed by atoms with E-state index in [1.54, 1.807) is 18.2 Å². The maximum absolute atomic E-state index is 12.3. The van der Waals surface area contributed by atoms with Gasteiger partial charge in [0.15, 0.2) is 0 Å². The third-order valence-electron chi connectivity index (χ3n) is 4.05. The highest BCUT2D eigenvalue weighted by atomic mass is 32.1. The van der Waals surface area contributed by atoms with Crippen molar-refractivity contribution in [2.45, 2.75) is 46.5 Å². The van der Waals surface area contributed by atoms with Crippen molar-refractivity contribution < 1.29 is 9.59 Å². The van der Waals surface area contributed by atoms with Crippen molar-refractivity contribution in [1.82, 2.24) is 20.4 Å². The Kier molecular flexibility index (Phi) is 7.13. The first-order chi connectivity index (χ1) is 14.7. The van der Waals surface area contributed by atoms with Crippen molar-refractivity contribution in [3.05, 3.63) is 33.8 Å². The van der Waals surface area contributed by atoms with Gasteiger partial charge >= 0.3 is 12.1 Å². The first-order valence-corrected chi connectivity index (χ1v) is 11.3. The fourth-order valence-electron chi connectivity index (χ4n) is 2.38. The van der Waals surface area contributed by atoms with Gasteiger partial charge in [0.05, 0.1) is 0 Å². The smallest absolute Gasteiger partial charge is 0.308 e. The quantitative estimate of drug-likeness (QED) is 0.398. The van der Waals surface area contributed by atoms with Crippen LogP contribution in [0.25, 0.3) is 0 Å². The predicted molar refractivity (Wildman–Crippen MR) is 124 cm³/mol. The fourth-order valence-corrected chi connectivity index (χ4v) is 3.86. The van der Waals surface area contributed by atoms with Gasteiger partial charge in [-0.15, -0.1) is 20.4 Å². The number of carbonyl (C=O) groups is 2. The number of aromatic nitrogens is 4. The molecule has 0 saturated carbocycles. The molecule has 0 saturated heterocycles. The van der Waals surface area contributed by atoms with E-state index < -0.39 is 12.1 Å². The van der Waals surface area contributed by atoms with Gasteiger partial charge in [-0.25, -0.2) is 9.59 Å². The third kappa shape index (κ3) is 6.18. The van der Waals surface area contributed by atoms with Crippen LogP contribution in [0.15, 0.2) is 18.2 Å². The Morgan fingerprint density at radius 3 is 1.77 bits per heavy atom. The number of carbonyl (C=O) groups excluding carboxylic acids is 2. The lowest BCUT2D eigenvalue weighted by Gasteiger charge is -2.11. The summed E-state index contributed by atoms with van der Waals surface area (Å²) in [5.41, 5.74) is 1.92. The van der Waals surface area contributed by atoms with Crippen LogP contribution in [0, 0.1) is 6.92 Å². The van der Waals surface area contributed by atoms with Crippen LogP contribution in [0.5, 0.6) is 0 Å². The summed E-state index contributed by atoms with van der Waals surface area (Å²) in [5, 5.41) is 29.4. The molecular weight excluding hydrogens is 436 g/mol. The van der Waals surface area contributed by atoms with Crippen LogP contribution in [-0.4, -0.2) is 32.5 Å². The molecule has 0 aliphatic heterocycles. The number of hydrogen-bond acceptors (Lipinski definition) is 8. The van der Waals surface area contributed by atoms with Crippen LogP contribution < -0.4 is 21.3 Å². The van der Waals surface area contributed by atoms with E-state index in [4.69, 9.17) is 0 Å². The van der Waals surface area contributed by atoms with Gasteiger partial charge in [-0.05, 0) is 24.6 Å². The summed E-state index contributed by atoms with van der Waals surface area (Å²) in [6, 6.07) is 4.34. The van der Waals surface area contributed by atoms with Crippen LogP contribution in [0.2, 0.25) is 0 Å². The van der Waals surface area contributed by atoms with E-state index in [1.165, 1.54) is 22.7 Å². The minimum Gasteiger partial charge on any atom is -0.308 e. The molecule has 0 fully saturated rings. The molecule has 0 atom stereocenters. The predicted octanol–water partition coefficient (Wildman–Crippen LogP) is 5.23. The highest BCUT2D eigenvalue weighted by molar-refractivity contribution is 7.15. The highest BCUT2D eigenvalue weighted by Crippen LogP contribution is 2.25. The minimum absolute atomic E-state index is 0.240. The van der Waals surface area contributed by atoms with E-state index in [0.717, 1.165) is 15.6 Å². The molecule has 0 bridgehead atoms. The van der Waals surface area contributed by atoms with Crippen molar-refractivity contribution in [2.75, 3.05) is 21.3 Å². The Morgan fingerprint density at radius 2 is 1.29 bits per heavy atom. The molecule has 0 spiro atoms. The van der Waals surface area contributed by atoms with Crippen LogP contribution >= 0.6 is 22.7 Å². The van der Waals surface area contributed by atoms with Gasteiger partial charge < -0.3 is 10.6 Å². The summed E-state index contributed by atoms with van der Waals surface area (Å²) < 4.78 is 0. The fraction of sp³-hybridized carbons (Fsp3) is 0.368. The maximum Gasteiger partial charge on any atom is 0.325 e. The first-order valence-electron chi connectivity index (χ1n) is 9.64. The molecule has 164 valence electrons. The number of rotatable bonds is 6. The molecule has 3 aromatic rings. The van der Waals surface area contributed by atoms with Crippen LogP contribution in [0.3, 0.4) is 0 Å². The number of benzene rings is 1. The monoisotopic (exact) mass is 460 g/mol. The Balaban J connectivity index is 1.60. The van der Waals surface area contributed by atoms with Gasteiger partial charge in [0.2, 0.25) is 10.3 Å². The Bertz CT molecular complexity index is 1080. The van der Waals surface area contributed by atoms with Gasteiger partial charge in [-0.2, -0.15) is 0 Å². The zero-order chi connectivity index (χ0) is 22.5. The van der Waals surface area contributed by atoms with E-state index in [0.29, 0.717) is 21.6 Å². The number of aryl methyl sites for hydroxylation is 1. The second kappa shape index (κ2) is 9.79. The van der Waals surface area contributed by atoms with Crippen molar-refractivity contribution in [1.29, 1.82) is 0 Å². The lowest BCUT2D eigenvalue weighted by atomic mass is 10.2. The molecule has 4 amide bonds. The molecule has 2 heterocycles. The normalized spacial score (nSPS) is 10.9. The topological polar surface area (TPSA) is 134 Å². The van der Waals surface area contributed by atoms with E-state index in [2.05, 4.69) is 41.7 Å². The summed E-state index contributed by atoms with van der Waals surface area (Å²) in [7, 11) is 0. The molecule has 3 rings (SSSR count). The Hall–Kier alpha value is -3.12. The van der Waals surface area contributed by atoms with E-state index in [-0.39, 0.29) is 11.8 Å². The van der Waals surface area contributed by atoms with Gasteiger partial charge in [0.25, 0.3) is 0 Å². The van der Waals surface area contributed by atoms with E-state index in [1.807, 2.05) is 34.6 Å². The molecular formula is C19H24N8O2S2. The molecule has 2 aromatic heterocycles. The minimum atomic E-state index is -0.444. The van der Waals surface area contributed by atoms with E-state index in [9.17, 15) is 9.59 Å². The molecule has 0 unspecified atom stereocenters. The summed E-state index contributed by atoms with van der Waals surface area (Å²) >= 11 is 2.66. The SMILES string of the molecule is Cc1ccc(NC(=O)Nc2nnc(C(C)C)s2)cc1NC(=O)Nc1nnc(C(C)C)s1. The van der Waals surface area contributed by atoms with Crippen LogP contribution in [0.1, 0.15) is 55.1 Å². The van der Waals surface area contributed by atoms with Crippen molar-refractivity contribution >= 4 is 56.4 Å². The largest absolute Gasteiger partial charge is 0.325 e. The van der Waals surface area contributed by atoms with Crippen LogP contribution in [-0.2, 0) is 0 Å². The second-order valence-corrected chi connectivity index (χ2v) is 9.41. The number of amides is 4. The number of urea groups is 2. The zero-order valence-corrected chi connectivity index (χ0v) is 19.4. The average molecular weight is 461 g/mol. The average Bonchev–Trinajstić information content (AvgIpc) is 3.34. The van der Waals surface area contributed by atoms with Crippen molar-refractivity contribution in [3.63, 3.8) is 0 Å². The molecule has 1 aromatic carbocycles. The van der Waals surface area contributed by atoms with Gasteiger partial charge in [0.1, 0.15) is 10.0 Å². The summed E-state index contributed by atoms with van der Waals surface area (Å²) in [6.07, 6.45) is 0.